The van der Waals surface area contributed by atoms with E-state index >= 15 is 0 Å². The molecular formula is C23H23N7. The molecule has 0 aliphatic carbocycles. The predicted octanol–water partition coefficient (Wildman–Crippen LogP) is 3.69. The van der Waals surface area contributed by atoms with Crippen LogP contribution in [0, 0.1) is 11.8 Å². The molecular weight excluding hydrogens is 374 g/mol. The van der Waals surface area contributed by atoms with E-state index in [1.54, 1.807) is 0 Å². The fourth-order valence-electron chi connectivity index (χ4n) is 3.36. The second-order valence-electron chi connectivity index (χ2n) is 6.93. The molecule has 2 aromatic heterocycles. The molecule has 150 valence electrons. The fraction of sp³-hybridized carbons (Fsp3) is 0.261. The highest BCUT2D eigenvalue weighted by molar-refractivity contribution is 5.80. The van der Waals surface area contributed by atoms with Crippen LogP contribution in [0.1, 0.15) is 37.5 Å². The van der Waals surface area contributed by atoms with E-state index in [1.807, 2.05) is 29.8 Å². The van der Waals surface area contributed by atoms with Gasteiger partial charge in [0.25, 0.3) is 0 Å². The van der Waals surface area contributed by atoms with Gasteiger partial charge in [0, 0.05) is 18.4 Å². The molecule has 1 N–H and O–H groups in total. The monoisotopic (exact) mass is 397 g/mol. The van der Waals surface area contributed by atoms with Crippen LogP contribution in [0.2, 0.25) is 0 Å². The first kappa shape index (κ1) is 19.5. The molecule has 2 heterocycles. The second-order valence-corrected chi connectivity index (χ2v) is 6.93. The van der Waals surface area contributed by atoms with Gasteiger partial charge in [0.2, 0.25) is 5.82 Å². The van der Waals surface area contributed by atoms with Gasteiger partial charge in [0.15, 0.2) is 5.82 Å². The van der Waals surface area contributed by atoms with Gasteiger partial charge >= 0.3 is 0 Å². The number of H-pyrrole nitrogens is 1. The van der Waals surface area contributed by atoms with Gasteiger partial charge in [-0.05, 0) is 35.2 Å². The van der Waals surface area contributed by atoms with E-state index in [4.69, 9.17) is 4.98 Å². The first-order valence-electron chi connectivity index (χ1n) is 10.0. The maximum atomic E-state index is 4.73. The number of hydrogen-bond acceptors (Lipinski definition) is 5. The summed E-state index contributed by atoms with van der Waals surface area (Å²) in [5.41, 5.74) is 4.29. The van der Waals surface area contributed by atoms with Crippen molar-refractivity contribution in [3.63, 3.8) is 0 Å². The van der Waals surface area contributed by atoms with Crippen molar-refractivity contribution in [3.8, 4) is 34.4 Å². The molecule has 4 rings (SSSR count). The highest BCUT2D eigenvalue weighted by atomic mass is 15.5. The molecule has 4 aromatic rings. The molecule has 7 heteroatoms. The van der Waals surface area contributed by atoms with Crippen molar-refractivity contribution in [1.29, 1.82) is 0 Å². The van der Waals surface area contributed by atoms with Crippen molar-refractivity contribution in [2.75, 3.05) is 0 Å². The minimum absolute atomic E-state index is 0.568. The van der Waals surface area contributed by atoms with E-state index in [0.29, 0.717) is 12.4 Å². The van der Waals surface area contributed by atoms with E-state index in [2.05, 4.69) is 74.8 Å². The topological polar surface area (TPSA) is 85.2 Å². The zero-order chi connectivity index (χ0) is 20.8. The average molecular weight is 397 g/mol. The number of nitrogens with one attached hydrogen (secondary N) is 1. The zero-order valence-corrected chi connectivity index (χ0v) is 17.1. The summed E-state index contributed by atoms with van der Waals surface area (Å²) >= 11 is 0. The lowest BCUT2D eigenvalue weighted by Gasteiger charge is -2.08. The molecule has 0 unspecified atom stereocenters. The van der Waals surface area contributed by atoms with E-state index in [0.717, 1.165) is 47.6 Å². The lowest BCUT2D eigenvalue weighted by Crippen LogP contribution is -2.05. The van der Waals surface area contributed by atoms with Crippen molar-refractivity contribution in [3.05, 3.63) is 65.7 Å². The van der Waals surface area contributed by atoms with Crippen molar-refractivity contribution in [2.24, 2.45) is 0 Å². The van der Waals surface area contributed by atoms with Gasteiger partial charge in [-0.2, -0.15) is 10.3 Å². The fourth-order valence-corrected chi connectivity index (χ4v) is 3.36. The molecule has 0 saturated heterocycles. The molecule has 0 amide bonds. The third-order valence-corrected chi connectivity index (χ3v) is 4.81. The molecule has 30 heavy (non-hydrogen) atoms. The maximum absolute atomic E-state index is 4.73. The summed E-state index contributed by atoms with van der Waals surface area (Å²) in [5.74, 6) is 8.44. The Morgan fingerprint density at radius 3 is 2.53 bits per heavy atom. The quantitative estimate of drug-likeness (QED) is 0.481. The Kier molecular flexibility index (Phi) is 5.95. The number of benzene rings is 2. The number of aromatic nitrogens is 7. The van der Waals surface area contributed by atoms with Crippen LogP contribution in [-0.2, 0) is 19.4 Å². The molecule has 0 fully saturated rings. The van der Waals surface area contributed by atoms with Gasteiger partial charge in [-0.1, -0.05) is 61.4 Å². The summed E-state index contributed by atoms with van der Waals surface area (Å²) in [6, 6.07) is 16.6. The Morgan fingerprint density at radius 2 is 1.83 bits per heavy atom. The first-order chi connectivity index (χ1) is 14.8. The number of aryl methyl sites for hydroxylation is 1. The van der Waals surface area contributed by atoms with Crippen LogP contribution in [0.4, 0.5) is 0 Å². The van der Waals surface area contributed by atoms with Crippen LogP contribution < -0.4 is 0 Å². The third kappa shape index (κ3) is 4.28. The van der Waals surface area contributed by atoms with Crippen LogP contribution >= 0.6 is 0 Å². The Balaban J connectivity index is 1.59. The lowest BCUT2D eigenvalue weighted by atomic mass is 9.98. The van der Waals surface area contributed by atoms with E-state index < -0.39 is 0 Å². The molecule has 0 radical (unpaired) electrons. The number of rotatable bonds is 7. The molecule has 0 bridgehead atoms. The number of aromatic amines is 1. The van der Waals surface area contributed by atoms with Crippen molar-refractivity contribution >= 4 is 0 Å². The molecule has 0 atom stereocenters. The summed E-state index contributed by atoms with van der Waals surface area (Å²) in [7, 11) is 0. The maximum Gasteiger partial charge on any atom is 0.205 e. The summed E-state index contributed by atoms with van der Waals surface area (Å²) in [4.78, 5) is 4.73. The van der Waals surface area contributed by atoms with Crippen LogP contribution in [0.25, 0.3) is 22.5 Å². The zero-order valence-electron chi connectivity index (χ0n) is 17.1. The van der Waals surface area contributed by atoms with Crippen LogP contribution in [0.3, 0.4) is 0 Å². The minimum Gasteiger partial charge on any atom is -0.237 e. The largest absolute Gasteiger partial charge is 0.237 e. The molecule has 0 aliphatic rings. The van der Waals surface area contributed by atoms with Crippen LogP contribution in [-0.4, -0.2) is 35.4 Å². The van der Waals surface area contributed by atoms with Gasteiger partial charge in [-0.3, -0.25) is 0 Å². The van der Waals surface area contributed by atoms with Crippen LogP contribution in [0.5, 0.6) is 0 Å². The Morgan fingerprint density at radius 1 is 1.03 bits per heavy atom. The number of tetrazole rings is 1. The normalized spacial score (nSPS) is 10.6. The molecule has 2 aromatic carbocycles. The standard InChI is InChI=1S/C23H23N7/c1-3-5-15-30-22(24-21(27-30)8-4-2)16-17-11-13-18(14-12-17)19-9-6-7-10-20(19)23-25-28-29-26-23/h6-7,9-14H,4,8,15-16H2,1-2H3,(H,25,26,28,29). The first-order valence-corrected chi connectivity index (χ1v) is 10.0. The van der Waals surface area contributed by atoms with Gasteiger partial charge in [0.1, 0.15) is 12.4 Å². The lowest BCUT2D eigenvalue weighted by molar-refractivity contribution is 0.660. The number of nitrogens with zero attached hydrogens (tertiary/aromatic N) is 6. The third-order valence-electron chi connectivity index (χ3n) is 4.81. The van der Waals surface area contributed by atoms with Gasteiger partial charge < -0.3 is 0 Å². The van der Waals surface area contributed by atoms with Crippen LogP contribution in [0.15, 0.2) is 48.5 Å². The highest BCUT2D eigenvalue weighted by Gasteiger charge is 2.12. The van der Waals surface area contributed by atoms with Crippen molar-refractivity contribution in [1.82, 2.24) is 35.4 Å². The number of hydrogen-bond donors (Lipinski definition) is 1. The molecule has 0 saturated carbocycles. The van der Waals surface area contributed by atoms with Crippen molar-refractivity contribution < 1.29 is 0 Å². The summed E-state index contributed by atoms with van der Waals surface area (Å²) in [6.45, 7) is 4.55. The molecule has 7 nitrogen and oxygen atoms in total. The summed E-state index contributed by atoms with van der Waals surface area (Å²) in [5, 5.41) is 19.1. The average Bonchev–Trinajstić information content (AvgIpc) is 3.44. The summed E-state index contributed by atoms with van der Waals surface area (Å²) in [6.07, 6.45) is 2.62. The smallest absolute Gasteiger partial charge is 0.205 e. The highest BCUT2D eigenvalue weighted by Crippen LogP contribution is 2.29. The predicted molar refractivity (Wildman–Crippen MR) is 115 cm³/mol. The molecule has 0 spiro atoms. The Labute approximate surface area is 175 Å². The van der Waals surface area contributed by atoms with E-state index in [-0.39, 0.29) is 0 Å². The second kappa shape index (κ2) is 9.14. The van der Waals surface area contributed by atoms with Crippen molar-refractivity contribution in [2.45, 2.75) is 39.7 Å². The SMILES string of the molecule is CC#CCn1nc(CCC)nc1Cc1ccc(-c2ccccc2-c2nn[nH]n2)cc1. The van der Waals surface area contributed by atoms with E-state index in [9.17, 15) is 0 Å². The Hall–Kier alpha value is -3.79. The minimum atomic E-state index is 0.568. The summed E-state index contributed by atoms with van der Waals surface area (Å²) < 4.78 is 1.92. The Bertz CT molecular complexity index is 1160. The van der Waals surface area contributed by atoms with Gasteiger partial charge in [0.05, 0.1) is 0 Å². The van der Waals surface area contributed by atoms with Gasteiger partial charge in [-0.25, -0.2) is 9.67 Å². The van der Waals surface area contributed by atoms with Gasteiger partial charge in [-0.15, -0.1) is 16.1 Å². The molecule has 0 aliphatic heterocycles. The van der Waals surface area contributed by atoms with E-state index in [1.165, 1.54) is 5.56 Å².